The normalized spacial score (nSPS) is 11.9. The molecule has 0 saturated carbocycles. The Bertz CT molecular complexity index is 321. The molecule has 1 aromatic rings. The highest BCUT2D eigenvalue weighted by Crippen LogP contribution is 2.29. The molecule has 3 heteroatoms. The van der Waals surface area contributed by atoms with Gasteiger partial charge >= 0.3 is 0 Å². The monoisotopic (exact) mass is 258 g/mol. The molecule has 0 aliphatic carbocycles. The minimum absolute atomic E-state index is 0.364. The van der Waals surface area contributed by atoms with Gasteiger partial charge in [-0.1, -0.05) is 0 Å². The molecule has 0 aromatic carbocycles. The van der Waals surface area contributed by atoms with E-state index in [0.29, 0.717) is 6.42 Å². The first-order valence-electron chi connectivity index (χ1n) is 4.07. The first-order chi connectivity index (χ1) is 6.24. The molecule has 0 radical (unpaired) electrons. The summed E-state index contributed by atoms with van der Waals surface area (Å²) in [5.41, 5.74) is 0. The molecular formula is C10H11BrOS. The number of rotatable bonds is 3. The van der Waals surface area contributed by atoms with Crippen molar-refractivity contribution in [3.8, 4) is 11.8 Å². The zero-order chi connectivity index (χ0) is 9.68. The summed E-state index contributed by atoms with van der Waals surface area (Å²) in [7, 11) is 0. The first-order valence-corrected chi connectivity index (χ1v) is 5.68. The van der Waals surface area contributed by atoms with Crippen LogP contribution >= 0.6 is 27.3 Å². The SMILES string of the molecule is CC#CCCC(O)c1ccc(Br)s1. The standard InChI is InChI=1S/C10H11BrOS/c1-2-3-4-5-8(12)9-6-7-10(11)13-9/h6-8,12H,4-5H2,1H3. The van der Waals surface area contributed by atoms with E-state index in [4.69, 9.17) is 0 Å². The molecule has 1 N–H and O–H groups in total. The summed E-state index contributed by atoms with van der Waals surface area (Å²) in [4.78, 5) is 1.00. The number of aliphatic hydroxyl groups excluding tert-OH is 1. The Morgan fingerprint density at radius 2 is 2.38 bits per heavy atom. The van der Waals surface area contributed by atoms with Gasteiger partial charge in [-0.3, -0.25) is 0 Å². The summed E-state index contributed by atoms with van der Waals surface area (Å²) >= 11 is 4.93. The Balaban J connectivity index is 2.47. The number of hydrogen-bond donors (Lipinski definition) is 1. The number of aliphatic hydroxyl groups is 1. The minimum Gasteiger partial charge on any atom is -0.388 e. The molecule has 1 unspecified atom stereocenters. The Morgan fingerprint density at radius 1 is 1.62 bits per heavy atom. The predicted octanol–water partition coefficient (Wildman–Crippen LogP) is 3.35. The molecule has 0 spiro atoms. The van der Waals surface area contributed by atoms with Gasteiger partial charge < -0.3 is 5.11 Å². The summed E-state index contributed by atoms with van der Waals surface area (Å²) in [5.74, 6) is 5.75. The lowest BCUT2D eigenvalue weighted by atomic mass is 10.2. The van der Waals surface area contributed by atoms with Crippen LogP contribution in [0.1, 0.15) is 30.7 Å². The molecule has 70 valence electrons. The van der Waals surface area contributed by atoms with Gasteiger partial charge in [0.1, 0.15) is 0 Å². The minimum atomic E-state index is -0.364. The van der Waals surface area contributed by atoms with Gasteiger partial charge in [-0.15, -0.1) is 23.2 Å². The van der Waals surface area contributed by atoms with Crippen LogP contribution in [0.2, 0.25) is 0 Å². The highest BCUT2D eigenvalue weighted by Gasteiger charge is 2.08. The lowest BCUT2D eigenvalue weighted by molar-refractivity contribution is 0.173. The number of thiophene rings is 1. The summed E-state index contributed by atoms with van der Waals surface area (Å²) in [6, 6.07) is 3.90. The second-order valence-corrected chi connectivity index (χ2v) is 5.12. The van der Waals surface area contributed by atoms with Crippen LogP contribution in [0.15, 0.2) is 15.9 Å². The van der Waals surface area contributed by atoms with E-state index in [-0.39, 0.29) is 6.10 Å². The highest BCUT2D eigenvalue weighted by atomic mass is 79.9. The van der Waals surface area contributed by atoms with Crippen molar-refractivity contribution in [1.29, 1.82) is 0 Å². The average molecular weight is 259 g/mol. The van der Waals surface area contributed by atoms with Crippen molar-refractivity contribution in [1.82, 2.24) is 0 Å². The van der Waals surface area contributed by atoms with Gasteiger partial charge in [0.15, 0.2) is 0 Å². The second kappa shape index (κ2) is 5.43. The molecule has 0 bridgehead atoms. The molecule has 0 amide bonds. The number of hydrogen-bond acceptors (Lipinski definition) is 2. The summed E-state index contributed by atoms with van der Waals surface area (Å²) in [6.07, 6.45) is 1.11. The van der Waals surface area contributed by atoms with Gasteiger partial charge in [0, 0.05) is 11.3 Å². The molecule has 0 aliphatic rings. The Labute approximate surface area is 90.9 Å². The van der Waals surface area contributed by atoms with Crippen molar-refractivity contribution < 1.29 is 5.11 Å². The van der Waals surface area contributed by atoms with E-state index in [1.165, 1.54) is 0 Å². The smallest absolute Gasteiger partial charge is 0.0891 e. The fourth-order valence-electron chi connectivity index (χ4n) is 0.984. The van der Waals surface area contributed by atoms with Crippen molar-refractivity contribution in [2.75, 3.05) is 0 Å². The molecule has 1 rings (SSSR count). The zero-order valence-electron chi connectivity index (χ0n) is 7.38. The molecule has 0 fully saturated rings. The van der Waals surface area contributed by atoms with E-state index in [0.717, 1.165) is 15.1 Å². The van der Waals surface area contributed by atoms with Crippen molar-refractivity contribution in [2.24, 2.45) is 0 Å². The van der Waals surface area contributed by atoms with E-state index in [2.05, 4.69) is 27.8 Å². The van der Waals surface area contributed by atoms with E-state index in [9.17, 15) is 5.11 Å². The van der Waals surface area contributed by atoms with Crippen LogP contribution in [0, 0.1) is 11.8 Å². The van der Waals surface area contributed by atoms with Crippen LogP contribution in [0.3, 0.4) is 0 Å². The Morgan fingerprint density at radius 3 is 2.92 bits per heavy atom. The molecule has 1 atom stereocenters. The van der Waals surface area contributed by atoms with E-state index in [1.807, 2.05) is 19.1 Å². The van der Waals surface area contributed by atoms with Crippen LogP contribution < -0.4 is 0 Å². The lowest BCUT2D eigenvalue weighted by Crippen LogP contribution is -1.92. The fourth-order valence-corrected chi connectivity index (χ4v) is 2.43. The summed E-state index contributed by atoms with van der Waals surface area (Å²) in [5, 5.41) is 9.68. The molecule has 0 saturated heterocycles. The van der Waals surface area contributed by atoms with Crippen LogP contribution in [0.5, 0.6) is 0 Å². The molecule has 1 nitrogen and oxygen atoms in total. The van der Waals surface area contributed by atoms with Crippen molar-refractivity contribution in [2.45, 2.75) is 25.9 Å². The largest absolute Gasteiger partial charge is 0.388 e. The van der Waals surface area contributed by atoms with Crippen LogP contribution in [0.25, 0.3) is 0 Å². The van der Waals surface area contributed by atoms with Gasteiger partial charge in [0.2, 0.25) is 0 Å². The maximum atomic E-state index is 9.68. The topological polar surface area (TPSA) is 20.2 Å². The summed E-state index contributed by atoms with van der Waals surface area (Å²) in [6.45, 7) is 1.81. The fraction of sp³-hybridized carbons (Fsp3) is 0.400. The van der Waals surface area contributed by atoms with Gasteiger partial charge in [-0.05, 0) is 41.4 Å². The maximum Gasteiger partial charge on any atom is 0.0891 e. The molecular weight excluding hydrogens is 248 g/mol. The third kappa shape index (κ3) is 3.51. The van der Waals surface area contributed by atoms with Gasteiger partial charge in [0.25, 0.3) is 0 Å². The van der Waals surface area contributed by atoms with Crippen LogP contribution in [-0.2, 0) is 0 Å². The highest BCUT2D eigenvalue weighted by molar-refractivity contribution is 9.11. The van der Waals surface area contributed by atoms with E-state index < -0.39 is 0 Å². The third-order valence-corrected chi connectivity index (χ3v) is 3.37. The van der Waals surface area contributed by atoms with E-state index >= 15 is 0 Å². The van der Waals surface area contributed by atoms with Crippen LogP contribution in [-0.4, -0.2) is 5.11 Å². The molecule has 1 aromatic heterocycles. The van der Waals surface area contributed by atoms with Crippen molar-refractivity contribution in [3.63, 3.8) is 0 Å². The van der Waals surface area contributed by atoms with E-state index in [1.54, 1.807) is 11.3 Å². The average Bonchev–Trinajstić information content (AvgIpc) is 2.52. The van der Waals surface area contributed by atoms with Gasteiger partial charge in [0.05, 0.1) is 9.89 Å². The van der Waals surface area contributed by atoms with Gasteiger partial charge in [-0.2, -0.15) is 0 Å². The summed E-state index contributed by atoms with van der Waals surface area (Å²) < 4.78 is 1.06. The lowest BCUT2D eigenvalue weighted by Gasteiger charge is -2.04. The third-order valence-electron chi connectivity index (χ3n) is 1.64. The van der Waals surface area contributed by atoms with Gasteiger partial charge in [-0.25, -0.2) is 0 Å². The van der Waals surface area contributed by atoms with Crippen molar-refractivity contribution in [3.05, 3.63) is 20.8 Å². The molecule has 0 aliphatic heterocycles. The van der Waals surface area contributed by atoms with Crippen molar-refractivity contribution >= 4 is 27.3 Å². The number of halogens is 1. The zero-order valence-corrected chi connectivity index (χ0v) is 9.78. The first kappa shape index (κ1) is 10.8. The quantitative estimate of drug-likeness (QED) is 0.825. The van der Waals surface area contributed by atoms with Crippen LogP contribution in [0.4, 0.5) is 0 Å². The molecule has 13 heavy (non-hydrogen) atoms. The maximum absolute atomic E-state index is 9.68. The Kier molecular flexibility index (Phi) is 4.51. The molecule has 1 heterocycles. The predicted molar refractivity (Wildman–Crippen MR) is 59.7 cm³/mol. The Hall–Kier alpha value is -0.300. The second-order valence-electron chi connectivity index (χ2n) is 2.62.